The molecular formula is C23H32N5O3S+. The fourth-order valence-corrected chi connectivity index (χ4v) is 4.93. The second kappa shape index (κ2) is 9.79. The molecule has 2 aromatic heterocycles. The van der Waals surface area contributed by atoms with Crippen LogP contribution in [0.3, 0.4) is 0 Å². The Hall–Kier alpha value is -2.78. The van der Waals surface area contributed by atoms with Crippen LogP contribution in [0.2, 0.25) is 0 Å². The quantitative estimate of drug-likeness (QED) is 0.461. The number of likely N-dealkylation sites (tertiary alicyclic amines) is 1. The van der Waals surface area contributed by atoms with Gasteiger partial charge < -0.3 is 19.9 Å². The molecule has 0 saturated carbocycles. The second-order valence-electron chi connectivity index (χ2n) is 9.25. The molecule has 0 atom stereocenters. The molecule has 0 bridgehead atoms. The van der Waals surface area contributed by atoms with Crippen LogP contribution in [0.25, 0.3) is 0 Å². The van der Waals surface area contributed by atoms with Gasteiger partial charge in [-0.25, -0.2) is 9.78 Å². The second-order valence-corrected chi connectivity index (χ2v) is 10.1. The van der Waals surface area contributed by atoms with Gasteiger partial charge in [0, 0.05) is 25.2 Å². The van der Waals surface area contributed by atoms with Crippen LogP contribution in [0.1, 0.15) is 41.9 Å². The van der Waals surface area contributed by atoms with Crippen LogP contribution in [0.15, 0.2) is 36.2 Å². The van der Waals surface area contributed by atoms with Crippen LogP contribution in [-0.4, -0.2) is 59.6 Å². The fourth-order valence-electron chi connectivity index (χ4n) is 4.00. The molecule has 1 aliphatic heterocycles. The minimum absolute atomic E-state index is 0.122. The number of hydrogen-bond acceptors (Lipinski definition) is 7. The SMILES string of the molecule is C=C(C[N+]1(CC(=O)Nc2c(C)csc2C(=O)OC)CCC(C)(C)CC1)Nc1cnccn1. The highest BCUT2D eigenvalue weighted by Crippen LogP contribution is 2.34. The first kappa shape index (κ1) is 23.9. The molecule has 2 aromatic rings. The van der Waals surface area contributed by atoms with E-state index in [1.54, 1.807) is 18.6 Å². The Bertz CT molecular complexity index is 977. The van der Waals surface area contributed by atoms with Crippen molar-refractivity contribution in [2.24, 2.45) is 5.41 Å². The van der Waals surface area contributed by atoms with E-state index in [0.717, 1.165) is 37.2 Å². The monoisotopic (exact) mass is 458 g/mol. The van der Waals surface area contributed by atoms with Crippen molar-refractivity contribution in [1.29, 1.82) is 0 Å². The van der Waals surface area contributed by atoms with Crippen molar-refractivity contribution < 1.29 is 18.8 Å². The van der Waals surface area contributed by atoms with E-state index in [4.69, 9.17) is 4.74 Å². The maximum absolute atomic E-state index is 13.2. The Kier molecular flexibility index (Phi) is 7.30. The number of aryl methyl sites for hydroxylation is 1. The molecule has 172 valence electrons. The first-order valence-corrected chi connectivity index (χ1v) is 11.5. The van der Waals surface area contributed by atoms with Gasteiger partial charge in [0.25, 0.3) is 5.91 Å². The van der Waals surface area contributed by atoms with E-state index in [2.05, 4.69) is 41.0 Å². The molecule has 0 aromatic carbocycles. The fraction of sp³-hybridized carbons (Fsp3) is 0.478. The normalized spacial score (nSPS) is 16.8. The number of thiophene rings is 1. The van der Waals surface area contributed by atoms with Crippen molar-refractivity contribution in [3.63, 3.8) is 0 Å². The van der Waals surface area contributed by atoms with Crippen molar-refractivity contribution in [3.8, 4) is 0 Å². The van der Waals surface area contributed by atoms with Gasteiger partial charge in [-0.1, -0.05) is 20.4 Å². The minimum Gasteiger partial charge on any atom is -0.465 e. The van der Waals surface area contributed by atoms with Gasteiger partial charge in [-0.15, -0.1) is 11.3 Å². The number of rotatable bonds is 8. The van der Waals surface area contributed by atoms with Gasteiger partial charge in [0.05, 0.1) is 37.8 Å². The Morgan fingerprint density at radius 3 is 2.56 bits per heavy atom. The molecular weight excluding hydrogens is 426 g/mol. The zero-order valence-electron chi connectivity index (χ0n) is 19.2. The van der Waals surface area contributed by atoms with E-state index in [1.165, 1.54) is 18.4 Å². The number of anilines is 2. The molecule has 1 aliphatic rings. The van der Waals surface area contributed by atoms with Crippen LogP contribution >= 0.6 is 11.3 Å². The lowest BCUT2D eigenvalue weighted by molar-refractivity contribution is -0.922. The first-order chi connectivity index (χ1) is 15.1. The number of methoxy groups -OCH3 is 1. The lowest BCUT2D eigenvalue weighted by atomic mass is 9.81. The smallest absolute Gasteiger partial charge is 0.350 e. The first-order valence-electron chi connectivity index (χ1n) is 10.7. The number of carbonyl (C=O) groups excluding carboxylic acids is 2. The van der Waals surface area contributed by atoms with Gasteiger partial charge in [-0.2, -0.15) is 0 Å². The molecule has 1 saturated heterocycles. The summed E-state index contributed by atoms with van der Waals surface area (Å²) in [5.41, 5.74) is 2.43. The zero-order valence-corrected chi connectivity index (χ0v) is 20.1. The number of esters is 1. The highest BCUT2D eigenvalue weighted by molar-refractivity contribution is 7.12. The lowest BCUT2D eigenvalue weighted by Gasteiger charge is -2.46. The third-order valence-electron chi connectivity index (χ3n) is 6.01. The van der Waals surface area contributed by atoms with E-state index >= 15 is 0 Å². The summed E-state index contributed by atoms with van der Waals surface area (Å²) in [7, 11) is 1.34. The van der Waals surface area contributed by atoms with E-state index < -0.39 is 5.97 Å². The van der Waals surface area contributed by atoms with Gasteiger partial charge in [0.2, 0.25) is 0 Å². The van der Waals surface area contributed by atoms with Crippen LogP contribution in [0, 0.1) is 12.3 Å². The molecule has 1 fully saturated rings. The summed E-state index contributed by atoms with van der Waals surface area (Å²) in [5, 5.41) is 8.04. The summed E-state index contributed by atoms with van der Waals surface area (Å²) in [6.45, 7) is 13.2. The number of quaternary nitrogens is 1. The Morgan fingerprint density at radius 2 is 1.94 bits per heavy atom. The number of amides is 1. The molecule has 3 rings (SSSR count). The molecule has 9 heteroatoms. The summed E-state index contributed by atoms with van der Waals surface area (Å²) in [6.07, 6.45) is 6.93. The summed E-state index contributed by atoms with van der Waals surface area (Å²) in [5.74, 6) is 0.0706. The van der Waals surface area contributed by atoms with Crippen LogP contribution < -0.4 is 10.6 Å². The molecule has 2 N–H and O–H groups in total. The summed E-state index contributed by atoms with van der Waals surface area (Å²) < 4.78 is 5.45. The van der Waals surface area contributed by atoms with E-state index in [1.807, 2.05) is 12.3 Å². The van der Waals surface area contributed by atoms with Gasteiger partial charge in [-0.05, 0) is 23.3 Å². The predicted octanol–water partition coefficient (Wildman–Crippen LogP) is 3.83. The van der Waals surface area contributed by atoms with E-state index in [0.29, 0.717) is 34.0 Å². The summed E-state index contributed by atoms with van der Waals surface area (Å²) in [4.78, 5) is 34.0. The zero-order chi connectivity index (χ0) is 23.4. The molecule has 3 heterocycles. The highest BCUT2D eigenvalue weighted by atomic mass is 32.1. The summed E-state index contributed by atoms with van der Waals surface area (Å²) in [6, 6.07) is 0. The van der Waals surface area contributed by atoms with Crippen molar-refractivity contribution in [3.05, 3.63) is 46.7 Å². The number of nitrogens with one attached hydrogen (secondary N) is 2. The van der Waals surface area contributed by atoms with E-state index in [-0.39, 0.29) is 11.3 Å². The van der Waals surface area contributed by atoms with Gasteiger partial charge in [-0.3, -0.25) is 9.78 Å². The lowest BCUT2D eigenvalue weighted by Crippen LogP contribution is -2.58. The average Bonchev–Trinajstić information content (AvgIpc) is 3.10. The Labute approximate surface area is 193 Å². The van der Waals surface area contributed by atoms with Crippen molar-refractivity contribution in [1.82, 2.24) is 9.97 Å². The number of hydrogen-bond donors (Lipinski definition) is 2. The Morgan fingerprint density at radius 1 is 1.22 bits per heavy atom. The van der Waals surface area contributed by atoms with Gasteiger partial charge >= 0.3 is 5.97 Å². The maximum Gasteiger partial charge on any atom is 0.350 e. The van der Waals surface area contributed by atoms with Crippen LogP contribution in [-0.2, 0) is 9.53 Å². The molecule has 1 amide bonds. The minimum atomic E-state index is -0.441. The molecule has 8 nitrogen and oxygen atoms in total. The molecule has 0 radical (unpaired) electrons. The molecule has 32 heavy (non-hydrogen) atoms. The van der Waals surface area contributed by atoms with Crippen LogP contribution in [0.4, 0.5) is 11.5 Å². The highest BCUT2D eigenvalue weighted by Gasteiger charge is 2.39. The van der Waals surface area contributed by atoms with Crippen molar-refractivity contribution in [2.75, 3.05) is 43.9 Å². The van der Waals surface area contributed by atoms with Gasteiger partial charge in [0.1, 0.15) is 17.2 Å². The third-order valence-corrected chi connectivity index (χ3v) is 7.09. The average molecular weight is 459 g/mol. The number of piperidine rings is 1. The van der Waals surface area contributed by atoms with Crippen LogP contribution in [0.5, 0.6) is 0 Å². The largest absolute Gasteiger partial charge is 0.465 e. The number of nitrogens with zero attached hydrogens (tertiary/aromatic N) is 3. The third kappa shape index (κ3) is 5.92. The topological polar surface area (TPSA) is 93.2 Å². The van der Waals surface area contributed by atoms with E-state index in [9.17, 15) is 9.59 Å². The molecule has 0 aliphatic carbocycles. The Balaban J connectivity index is 1.75. The summed E-state index contributed by atoms with van der Waals surface area (Å²) >= 11 is 1.28. The van der Waals surface area contributed by atoms with Crippen molar-refractivity contribution >= 4 is 34.7 Å². The molecule has 0 spiro atoms. The molecule has 0 unspecified atom stereocenters. The number of aromatic nitrogens is 2. The number of ether oxygens (including phenoxy) is 1. The van der Waals surface area contributed by atoms with Gasteiger partial charge in [0.15, 0.2) is 6.54 Å². The van der Waals surface area contributed by atoms with Crippen molar-refractivity contribution in [2.45, 2.75) is 33.6 Å². The standard InChI is InChI=1S/C23H31N5O3S/c1-16-15-32-21(22(30)31-5)20(16)27-19(29)14-28(10-6-23(3,4)7-11-28)13-17(2)26-18-12-24-8-9-25-18/h8-9,12,15H,2,6-7,10-11,13-14H2,1,3-5H3,(H-,25,26,27,29,30)/p+1. The maximum atomic E-state index is 13.2. The predicted molar refractivity (Wildman–Crippen MR) is 127 cm³/mol. The number of carbonyl (C=O) groups is 2.